The largest absolute Gasteiger partial charge is 0.481 e. The van der Waals surface area contributed by atoms with E-state index in [1.165, 1.54) is 0 Å². The zero-order valence-corrected chi connectivity index (χ0v) is 10.6. The monoisotopic (exact) mass is 250 g/mol. The molecule has 1 aromatic heterocycles. The Bertz CT molecular complexity index is 448. The molecule has 2 heterocycles. The van der Waals surface area contributed by atoms with E-state index in [0.717, 1.165) is 18.8 Å². The quantitative estimate of drug-likeness (QED) is 0.840. The molecule has 0 bridgehead atoms. The third-order valence-electron chi connectivity index (χ3n) is 3.16. The third kappa shape index (κ3) is 2.79. The zero-order chi connectivity index (χ0) is 13.3. The van der Waals surface area contributed by atoms with Crippen molar-refractivity contribution in [1.29, 1.82) is 0 Å². The van der Waals surface area contributed by atoms with E-state index in [9.17, 15) is 9.90 Å². The van der Waals surface area contributed by atoms with Gasteiger partial charge in [0.15, 0.2) is 0 Å². The van der Waals surface area contributed by atoms with Crippen LogP contribution in [0.25, 0.3) is 0 Å². The van der Waals surface area contributed by atoms with Gasteiger partial charge < -0.3 is 15.1 Å². The van der Waals surface area contributed by atoms with Crippen molar-refractivity contribution in [2.75, 3.05) is 18.0 Å². The van der Waals surface area contributed by atoms with Crippen molar-refractivity contribution in [2.45, 2.75) is 25.9 Å². The van der Waals surface area contributed by atoms with E-state index in [-0.39, 0.29) is 12.3 Å². The van der Waals surface area contributed by atoms with E-state index in [1.54, 1.807) is 20.0 Å². The number of hydrogen-bond donors (Lipinski definition) is 2. The van der Waals surface area contributed by atoms with Crippen molar-refractivity contribution in [3.8, 4) is 0 Å². The Hall–Kier alpha value is -1.62. The number of nitrogens with zero attached hydrogens (tertiary/aromatic N) is 2. The predicted octanol–water partition coefficient (Wildman–Crippen LogP) is 1.22. The molecule has 0 amide bonds. The average Bonchev–Trinajstić information content (AvgIpc) is 2.21. The Kier molecular flexibility index (Phi) is 3.26. The summed E-state index contributed by atoms with van der Waals surface area (Å²) in [6.07, 6.45) is 1.90. The summed E-state index contributed by atoms with van der Waals surface area (Å²) in [4.78, 5) is 16.8. The first-order valence-corrected chi connectivity index (χ1v) is 6.02. The van der Waals surface area contributed by atoms with E-state index in [1.807, 2.05) is 12.1 Å². The summed E-state index contributed by atoms with van der Waals surface area (Å²) < 4.78 is 0. The van der Waals surface area contributed by atoms with E-state index in [4.69, 9.17) is 5.11 Å². The van der Waals surface area contributed by atoms with E-state index in [0.29, 0.717) is 5.69 Å². The smallest absolute Gasteiger partial charge is 0.303 e. The summed E-state index contributed by atoms with van der Waals surface area (Å²) in [6, 6.07) is 3.74. The molecule has 18 heavy (non-hydrogen) atoms. The normalized spacial score (nSPS) is 16.5. The summed E-state index contributed by atoms with van der Waals surface area (Å²) in [7, 11) is 0. The fraction of sp³-hybridized carbons (Fsp3) is 0.538. The maximum atomic E-state index is 10.6. The van der Waals surface area contributed by atoms with Gasteiger partial charge in [-0.2, -0.15) is 0 Å². The van der Waals surface area contributed by atoms with Gasteiger partial charge >= 0.3 is 5.97 Å². The van der Waals surface area contributed by atoms with Crippen LogP contribution in [0, 0.1) is 5.92 Å². The second kappa shape index (κ2) is 4.57. The molecule has 98 valence electrons. The first-order chi connectivity index (χ1) is 8.36. The lowest BCUT2D eigenvalue weighted by Gasteiger charge is -2.40. The third-order valence-corrected chi connectivity index (χ3v) is 3.16. The Labute approximate surface area is 106 Å². The minimum absolute atomic E-state index is 0.222. The number of carboxylic acids is 1. The molecule has 0 aromatic carbocycles. The second-order valence-corrected chi connectivity index (χ2v) is 5.33. The lowest BCUT2D eigenvalue weighted by molar-refractivity contribution is -0.138. The highest BCUT2D eigenvalue weighted by Crippen LogP contribution is 2.28. The molecule has 1 aliphatic heterocycles. The SMILES string of the molecule is CC(C)(O)c1cc(N2CC(CC(=O)O)C2)ccn1. The summed E-state index contributed by atoms with van der Waals surface area (Å²) >= 11 is 0. The standard InChI is InChI=1S/C13H18N2O3/c1-13(2,18)11-6-10(3-4-14-11)15-7-9(8-15)5-12(16)17/h3-4,6,9,18H,5,7-8H2,1-2H3,(H,16,17). The summed E-state index contributed by atoms with van der Waals surface area (Å²) in [5.41, 5.74) is 0.659. The van der Waals surface area contributed by atoms with Gasteiger partial charge in [0.2, 0.25) is 0 Å². The molecule has 2 rings (SSSR count). The summed E-state index contributed by atoms with van der Waals surface area (Å²) in [5.74, 6) is -0.521. The van der Waals surface area contributed by atoms with Gasteiger partial charge in [0.05, 0.1) is 12.1 Å². The van der Waals surface area contributed by atoms with Crippen molar-refractivity contribution in [1.82, 2.24) is 4.98 Å². The number of carboxylic acid groups (broad SMARTS) is 1. The number of anilines is 1. The van der Waals surface area contributed by atoms with Gasteiger partial charge in [0, 0.05) is 30.9 Å². The van der Waals surface area contributed by atoms with Gasteiger partial charge in [-0.1, -0.05) is 0 Å². The molecule has 0 spiro atoms. The van der Waals surface area contributed by atoms with Crippen molar-refractivity contribution in [3.05, 3.63) is 24.0 Å². The van der Waals surface area contributed by atoms with Crippen molar-refractivity contribution < 1.29 is 15.0 Å². The number of aliphatic carboxylic acids is 1. The average molecular weight is 250 g/mol. The lowest BCUT2D eigenvalue weighted by atomic mass is 9.95. The molecular formula is C13H18N2O3. The molecular weight excluding hydrogens is 232 g/mol. The molecule has 1 aliphatic rings. The van der Waals surface area contributed by atoms with E-state index < -0.39 is 11.6 Å². The van der Waals surface area contributed by atoms with E-state index >= 15 is 0 Å². The van der Waals surface area contributed by atoms with Crippen LogP contribution in [0.4, 0.5) is 5.69 Å². The molecule has 1 aromatic rings. The highest BCUT2D eigenvalue weighted by Gasteiger charge is 2.29. The molecule has 1 saturated heterocycles. The van der Waals surface area contributed by atoms with Crippen LogP contribution in [-0.2, 0) is 10.4 Å². The molecule has 0 atom stereocenters. The van der Waals surface area contributed by atoms with E-state index in [2.05, 4.69) is 9.88 Å². The van der Waals surface area contributed by atoms with Crippen molar-refractivity contribution in [3.63, 3.8) is 0 Å². The number of rotatable bonds is 4. The van der Waals surface area contributed by atoms with Crippen LogP contribution < -0.4 is 4.90 Å². The van der Waals surface area contributed by atoms with Crippen molar-refractivity contribution in [2.24, 2.45) is 5.92 Å². The molecule has 2 N–H and O–H groups in total. The van der Waals surface area contributed by atoms with Gasteiger partial charge in [-0.25, -0.2) is 0 Å². The molecule has 1 fully saturated rings. The molecule has 0 saturated carbocycles. The maximum absolute atomic E-state index is 10.6. The molecule has 0 aliphatic carbocycles. The number of pyridine rings is 1. The topological polar surface area (TPSA) is 73.7 Å². The highest BCUT2D eigenvalue weighted by atomic mass is 16.4. The van der Waals surface area contributed by atoms with Gasteiger partial charge in [0.25, 0.3) is 0 Å². The first kappa shape index (κ1) is 12.8. The molecule has 0 radical (unpaired) electrons. The molecule has 5 nitrogen and oxygen atoms in total. The number of carbonyl (C=O) groups is 1. The highest BCUT2D eigenvalue weighted by molar-refractivity contribution is 5.68. The van der Waals surface area contributed by atoms with Gasteiger partial charge in [-0.15, -0.1) is 0 Å². The van der Waals surface area contributed by atoms with Crippen LogP contribution in [-0.4, -0.2) is 34.3 Å². The van der Waals surface area contributed by atoms with Crippen LogP contribution in [0.5, 0.6) is 0 Å². The van der Waals surface area contributed by atoms with Crippen LogP contribution in [0.3, 0.4) is 0 Å². The predicted molar refractivity (Wildman–Crippen MR) is 67.4 cm³/mol. The number of aliphatic hydroxyl groups is 1. The first-order valence-electron chi connectivity index (χ1n) is 6.02. The maximum Gasteiger partial charge on any atom is 0.303 e. The van der Waals surface area contributed by atoms with Crippen LogP contribution >= 0.6 is 0 Å². The summed E-state index contributed by atoms with van der Waals surface area (Å²) in [5, 5.41) is 18.6. The molecule has 5 heteroatoms. The number of hydrogen-bond acceptors (Lipinski definition) is 4. The second-order valence-electron chi connectivity index (χ2n) is 5.33. The summed E-state index contributed by atoms with van der Waals surface area (Å²) in [6.45, 7) is 4.90. The Morgan fingerprint density at radius 2 is 2.22 bits per heavy atom. The fourth-order valence-corrected chi connectivity index (χ4v) is 2.11. The Balaban J connectivity index is 2.02. The minimum Gasteiger partial charge on any atom is -0.481 e. The fourth-order valence-electron chi connectivity index (χ4n) is 2.11. The Morgan fingerprint density at radius 3 is 2.78 bits per heavy atom. The zero-order valence-electron chi connectivity index (χ0n) is 10.6. The minimum atomic E-state index is -0.957. The van der Waals surface area contributed by atoms with Crippen LogP contribution in [0.1, 0.15) is 26.0 Å². The molecule has 0 unspecified atom stereocenters. The number of aromatic nitrogens is 1. The van der Waals surface area contributed by atoms with Crippen LogP contribution in [0.15, 0.2) is 18.3 Å². The van der Waals surface area contributed by atoms with Crippen molar-refractivity contribution >= 4 is 11.7 Å². The van der Waals surface area contributed by atoms with Gasteiger partial charge in [-0.05, 0) is 26.0 Å². The van der Waals surface area contributed by atoms with Gasteiger partial charge in [0.1, 0.15) is 5.60 Å². The lowest BCUT2D eigenvalue weighted by Crippen LogP contribution is -2.47. The van der Waals surface area contributed by atoms with Gasteiger partial charge in [-0.3, -0.25) is 9.78 Å². The van der Waals surface area contributed by atoms with Crippen LogP contribution in [0.2, 0.25) is 0 Å². The Morgan fingerprint density at radius 1 is 1.56 bits per heavy atom.